The Labute approximate surface area is 158 Å². The lowest BCUT2D eigenvalue weighted by Gasteiger charge is -2.22. The summed E-state index contributed by atoms with van der Waals surface area (Å²) in [4.78, 5) is 0. The van der Waals surface area contributed by atoms with Crippen molar-refractivity contribution >= 4 is 0 Å². The Morgan fingerprint density at radius 1 is 0.720 bits per heavy atom. The summed E-state index contributed by atoms with van der Waals surface area (Å²) >= 11 is 0. The average molecular weight is 357 g/mol. The molecule has 25 heavy (non-hydrogen) atoms. The van der Waals surface area contributed by atoms with Crippen LogP contribution in [0.2, 0.25) is 0 Å². The predicted molar refractivity (Wildman–Crippen MR) is 112 cm³/mol. The molecule has 2 atom stereocenters. The van der Waals surface area contributed by atoms with E-state index in [2.05, 4.69) is 20.8 Å². The smallest absolute Gasteiger partial charge is 0.0466 e. The normalized spacial score (nSPS) is 14.2. The van der Waals surface area contributed by atoms with E-state index in [0.29, 0.717) is 5.92 Å². The van der Waals surface area contributed by atoms with Gasteiger partial charge >= 0.3 is 0 Å². The third-order valence-corrected chi connectivity index (χ3v) is 5.23. The van der Waals surface area contributed by atoms with Crippen LogP contribution in [0.15, 0.2) is 0 Å². The fourth-order valence-electron chi connectivity index (χ4n) is 3.39. The Kier molecular flexibility index (Phi) is 18.6. The molecular formula is C22H48N2O. The molecule has 0 aromatic rings. The van der Waals surface area contributed by atoms with Crippen LogP contribution in [0.3, 0.4) is 0 Å². The molecule has 0 aromatic carbocycles. The summed E-state index contributed by atoms with van der Waals surface area (Å²) in [5, 5.41) is 0. The quantitative estimate of drug-likeness (QED) is 0.294. The first-order valence-corrected chi connectivity index (χ1v) is 11.1. The molecule has 152 valence electrons. The number of rotatable bonds is 19. The van der Waals surface area contributed by atoms with Gasteiger partial charge in [-0.3, -0.25) is 0 Å². The van der Waals surface area contributed by atoms with E-state index < -0.39 is 0 Å². The van der Waals surface area contributed by atoms with Crippen molar-refractivity contribution in [1.29, 1.82) is 0 Å². The van der Waals surface area contributed by atoms with Crippen LogP contribution in [0.4, 0.5) is 0 Å². The number of hydrogen-bond donors (Lipinski definition) is 2. The van der Waals surface area contributed by atoms with Crippen molar-refractivity contribution in [3.8, 4) is 0 Å². The predicted octanol–water partition coefficient (Wildman–Crippen LogP) is 5.65. The van der Waals surface area contributed by atoms with Crippen LogP contribution in [0.1, 0.15) is 104 Å². The maximum atomic E-state index is 6.34. The van der Waals surface area contributed by atoms with E-state index >= 15 is 0 Å². The van der Waals surface area contributed by atoms with Crippen LogP contribution in [0, 0.1) is 11.8 Å². The third kappa shape index (κ3) is 17.1. The zero-order valence-corrected chi connectivity index (χ0v) is 17.6. The molecule has 0 amide bonds. The summed E-state index contributed by atoms with van der Waals surface area (Å²) in [7, 11) is 0. The van der Waals surface area contributed by atoms with Gasteiger partial charge in [0.05, 0.1) is 0 Å². The minimum Gasteiger partial charge on any atom is -0.381 e. The zero-order chi connectivity index (χ0) is 18.8. The summed E-state index contributed by atoms with van der Waals surface area (Å²) in [6, 6.07) is 0.246. The molecule has 0 saturated heterocycles. The van der Waals surface area contributed by atoms with Crippen LogP contribution in [-0.2, 0) is 4.74 Å². The summed E-state index contributed by atoms with van der Waals surface area (Å²) in [6.07, 6.45) is 16.5. The SMILES string of the molecule is CCCCCCC(CN)C(N)CCCOCCCCCCCC(C)C. The number of unbranched alkanes of at least 4 members (excludes halogenated alkanes) is 7. The van der Waals surface area contributed by atoms with E-state index in [0.717, 1.165) is 38.5 Å². The van der Waals surface area contributed by atoms with Gasteiger partial charge in [0.2, 0.25) is 0 Å². The molecule has 0 spiro atoms. The highest BCUT2D eigenvalue weighted by molar-refractivity contribution is 4.74. The standard InChI is InChI=1S/C22H48N2O/c1-4-5-6-11-15-21(19-23)22(24)16-13-18-25-17-12-9-7-8-10-14-20(2)3/h20-22H,4-19,23-24H2,1-3H3. The highest BCUT2D eigenvalue weighted by Gasteiger charge is 2.15. The van der Waals surface area contributed by atoms with E-state index in [1.54, 1.807) is 0 Å². The molecule has 0 radical (unpaired) electrons. The molecule has 0 saturated carbocycles. The Morgan fingerprint density at radius 2 is 1.32 bits per heavy atom. The van der Waals surface area contributed by atoms with Crippen molar-refractivity contribution in [2.24, 2.45) is 23.3 Å². The van der Waals surface area contributed by atoms with Crippen LogP contribution >= 0.6 is 0 Å². The maximum Gasteiger partial charge on any atom is 0.0466 e. The summed E-state index contributed by atoms with van der Waals surface area (Å²) < 4.78 is 5.77. The molecule has 0 aromatic heterocycles. The van der Waals surface area contributed by atoms with Crippen molar-refractivity contribution in [3.63, 3.8) is 0 Å². The first-order valence-electron chi connectivity index (χ1n) is 11.1. The number of nitrogens with two attached hydrogens (primary N) is 2. The number of hydrogen-bond acceptors (Lipinski definition) is 3. The number of ether oxygens (including phenoxy) is 1. The topological polar surface area (TPSA) is 61.3 Å². The minimum absolute atomic E-state index is 0.246. The van der Waals surface area contributed by atoms with Gasteiger partial charge in [-0.15, -0.1) is 0 Å². The maximum absolute atomic E-state index is 6.34. The highest BCUT2D eigenvalue weighted by atomic mass is 16.5. The minimum atomic E-state index is 0.246. The first kappa shape index (κ1) is 24.9. The van der Waals surface area contributed by atoms with Crippen molar-refractivity contribution in [2.45, 2.75) is 110 Å². The van der Waals surface area contributed by atoms with E-state index in [1.807, 2.05) is 0 Å². The van der Waals surface area contributed by atoms with Crippen LogP contribution in [0.25, 0.3) is 0 Å². The van der Waals surface area contributed by atoms with Gasteiger partial charge in [-0.05, 0) is 44.1 Å². The Bertz CT molecular complexity index is 258. The van der Waals surface area contributed by atoms with Gasteiger partial charge in [0.15, 0.2) is 0 Å². The molecule has 0 aliphatic heterocycles. The molecule has 0 aliphatic carbocycles. The summed E-state index contributed by atoms with van der Waals surface area (Å²) in [5.41, 5.74) is 12.3. The van der Waals surface area contributed by atoms with Crippen LogP contribution < -0.4 is 11.5 Å². The van der Waals surface area contributed by atoms with E-state index in [1.165, 1.54) is 70.6 Å². The zero-order valence-electron chi connectivity index (χ0n) is 17.6. The molecule has 3 heteroatoms. The van der Waals surface area contributed by atoms with Gasteiger partial charge in [0, 0.05) is 19.3 Å². The Balaban J connectivity index is 3.41. The summed E-state index contributed by atoms with van der Waals surface area (Å²) in [5.74, 6) is 1.34. The molecule has 4 N–H and O–H groups in total. The second-order valence-electron chi connectivity index (χ2n) is 8.21. The van der Waals surface area contributed by atoms with Gasteiger partial charge in [0.1, 0.15) is 0 Å². The largest absolute Gasteiger partial charge is 0.381 e. The van der Waals surface area contributed by atoms with Gasteiger partial charge in [-0.25, -0.2) is 0 Å². The van der Waals surface area contributed by atoms with Crippen LogP contribution in [-0.4, -0.2) is 25.8 Å². The van der Waals surface area contributed by atoms with Gasteiger partial charge < -0.3 is 16.2 Å². The van der Waals surface area contributed by atoms with E-state index in [-0.39, 0.29) is 6.04 Å². The fraction of sp³-hybridized carbons (Fsp3) is 1.00. The third-order valence-electron chi connectivity index (χ3n) is 5.23. The van der Waals surface area contributed by atoms with Crippen molar-refractivity contribution < 1.29 is 4.74 Å². The Hall–Kier alpha value is -0.120. The molecule has 2 unspecified atom stereocenters. The lowest BCUT2D eigenvalue weighted by atomic mass is 9.91. The fourth-order valence-corrected chi connectivity index (χ4v) is 3.39. The lowest BCUT2D eigenvalue weighted by Crippen LogP contribution is -2.35. The molecule has 0 bridgehead atoms. The molecule has 0 aliphatic rings. The molecular weight excluding hydrogens is 308 g/mol. The van der Waals surface area contributed by atoms with Gasteiger partial charge in [0.25, 0.3) is 0 Å². The highest BCUT2D eigenvalue weighted by Crippen LogP contribution is 2.16. The Morgan fingerprint density at radius 3 is 2.00 bits per heavy atom. The summed E-state index contributed by atoms with van der Waals surface area (Å²) in [6.45, 7) is 9.36. The van der Waals surface area contributed by atoms with E-state index in [4.69, 9.17) is 16.2 Å². The van der Waals surface area contributed by atoms with Crippen molar-refractivity contribution in [2.75, 3.05) is 19.8 Å². The molecule has 0 rings (SSSR count). The first-order chi connectivity index (χ1) is 12.1. The van der Waals surface area contributed by atoms with E-state index in [9.17, 15) is 0 Å². The molecule has 3 nitrogen and oxygen atoms in total. The van der Waals surface area contributed by atoms with Crippen LogP contribution in [0.5, 0.6) is 0 Å². The van der Waals surface area contributed by atoms with Crippen molar-refractivity contribution in [3.05, 3.63) is 0 Å². The van der Waals surface area contributed by atoms with Gasteiger partial charge in [-0.1, -0.05) is 78.6 Å². The second-order valence-corrected chi connectivity index (χ2v) is 8.21. The lowest BCUT2D eigenvalue weighted by molar-refractivity contribution is 0.123. The average Bonchev–Trinajstić information content (AvgIpc) is 2.59. The van der Waals surface area contributed by atoms with Crippen molar-refractivity contribution in [1.82, 2.24) is 0 Å². The second kappa shape index (κ2) is 18.7. The molecule has 0 fully saturated rings. The monoisotopic (exact) mass is 356 g/mol. The molecule has 0 heterocycles. The van der Waals surface area contributed by atoms with Gasteiger partial charge in [-0.2, -0.15) is 0 Å².